The van der Waals surface area contributed by atoms with E-state index in [0.29, 0.717) is 41.0 Å². The Hall–Kier alpha value is -2.98. The van der Waals surface area contributed by atoms with Gasteiger partial charge in [-0.15, -0.1) is 0 Å². The van der Waals surface area contributed by atoms with Gasteiger partial charge >= 0.3 is 5.97 Å². The molecule has 27 heavy (non-hydrogen) atoms. The summed E-state index contributed by atoms with van der Waals surface area (Å²) in [5.74, 6) is -1.97. The monoisotopic (exact) mass is 372 g/mol. The van der Waals surface area contributed by atoms with E-state index in [2.05, 4.69) is 11.4 Å². The van der Waals surface area contributed by atoms with Crippen LogP contribution in [0.15, 0.2) is 30.3 Å². The Morgan fingerprint density at radius 3 is 2.78 bits per heavy atom. The van der Waals surface area contributed by atoms with Crippen LogP contribution in [0.2, 0.25) is 0 Å². The number of nitrogens with one attached hydrogen (secondary N) is 1. The van der Waals surface area contributed by atoms with E-state index in [1.54, 1.807) is 25.1 Å². The molecule has 0 spiro atoms. The van der Waals surface area contributed by atoms with Gasteiger partial charge in [0.1, 0.15) is 5.75 Å². The van der Waals surface area contributed by atoms with Crippen LogP contribution in [-0.2, 0) is 16.0 Å². The van der Waals surface area contributed by atoms with Gasteiger partial charge in [0.2, 0.25) is 0 Å². The van der Waals surface area contributed by atoms with Gasteiger partial charge in [0, 0.05) is 12.1 Å². The fourth-order valence-electron chi connectivity index (χ4n) is 3.14. The number of ether oxygens (including phenoxy) is 2. The third-order valence-electron chi connectivity index (χ3n) is 4.34. The van der Waals surface area contributed by atoms with Gasteiger partial charge in [0.05, 0.1) is 24.3 Å². The zero-order valence-electron chi connectivity index (χ0n) is 14.7. The lowest BCUT2D eigenvalue weighted by Gasteiger charge is -2.29. The molecule has 1 unspecified atom stereocenters. The molecule has 140 valence electrons. The lowest BCUT2D eigenvalue weighted by Crippen LogP contribution is -2.31. The normalized spacial score (nSPS) is 15.6. The second-order valence-corrected chi connectivity index (χ2v) is 6.06. The molecule has 0 aliphatic carbocycles. The summed E-state index contributed by atoms with van der Waals surface area (Å²) in [6, 6.07) is 8.70. The van der Waals surface area contributed by atoms with Crippen molar-refractivity contribution in [3.05, 3.63) is 64.2 Å². The van der Waals surface area contributed by atoms with Crippen molar-refractivity contribution in [2.24, 2.45) is 0 Å². The minimum atomic E-state index is -0.937. The van der Waals surface area contributed by atoms with Crippen molar-refractivity contribution in [1.82, 2.24) is 5.32 Å². The minimum Gasteiger partial charge on any atom is -0.482 e. The van der Waals surface area contributed by atoms with E-state index in [-0.39, 0.29) is 13.2 Å². The molecule has 0 saturated heterocycles. The maximum absolute atomic E-state index is 13.8. The van der Waals surface area contributed by atoms with Crippen molar-refractivity contribution < 1.29 is 23.0 Å². The number of nitrogens with zero attached hydrogens (tertiary/aromatic N) is 1. The van der Waals surface area contributed by atoms with Gasteiger partial charge in [-0.25, -0.2) is 13.6 Å². The number of carbonyl (C=O) groups excluding carboxylic acids is 1. The molecular weight excluding hydrogens is 354 g/mol. The molecule has 0 radical (unpaired) electrons. The lowest BCUT2D eigenvalue weighted by molar-refractivity contribution is -0.145. The van der Waals surface area contributed by atoms with Gasteiger partial charge in [0.25, 0.3) is 0 Å². The molecule has 1 N–H and O–H groups in total. The van der Waals surface area contributed by atoms with Crippen LogP contribution < -0.4 is 10.1 Å². The number of carbonyl (C=O) groups is 1. The molecule has 5 nitrogen and oxygen atoms in total. The Morgan fingerprint density at radius 1 is 1.26 bits per heavy atom. The largest absolute Gasteiger partial charge is 0.482 e. The molecule has 0 saturated carbocycles. The van der Waals surface area contributed by atoms with Crippen molar-refractivity contribution in [1.29, 1.82) is 5.26 Å². The molecule has 1 aliphatic rings. The van der Waals surface area contributed by atoms with E-state index < -0.39 is 23.6 Å². The predicted octanol–water partition coefficient (Wildman–Crippen LogP) is 3.01. The highest BCUT2D eigenvalue weighted by atomic mass is 19.2. The summed E-state index contributed by atoms with van der Waals surface area (Å²) in [5.41, 5.74) is 2.24. The Bertz CT molecular complexity index is 909. The molecule has 1 atom stereocenters. The van der Waals surface area contributed by atoms with E-state index >= 15 is 0 Å². The van der Waals surface area contributed by atoms with E-state index in [1.807, 2.05) is 0 Å². The van der Waals surface area contributed by atoms with Crippen LogP contribution in [0.25, 0.3) is 0 Å². The Balaban J connectivity index is 2.00. The maximum Gasteiger partial charge on any atom is 0.344 e. The number of fused-ring (bicyclic) bond motifs is 1. The highest BCUT2D eigenvalue weighted by molar-refractivity contribution is 5.71. The molecule has 7 heteroatoms. The van der Waals surface area contributed by atoms with Crippen LogP contribution >= 0.6 is 0 Å². The summed E-state index contributed by atoms with van der Waals surface area (Å²) in [6.45, 7) is 2.20. The van der Waals surface area contributed by atoms with Crippen molar-refractivity contribution in [2.45, 2.75) is 19.4 Å². The van der Waals surface area contributed by atoms with Gasteiger partial charge in [-0.1, -0.05) is 0 Å². The van der Waals surface area contributed by atoms with Crippen molar-refractivity contribution >= 4 is 5.97 Å². The summed E-state index contributed by atoms with van der Waals surface area (Å²) in [6.07, 6.45) is 0.556. The van der Waals surface area contributed by atoms with Gasteiger partial charge in [-0.3, -0.25) is 0 Å². The van der Waals surface area contributed by atoms with Crippen molar-refractivity contribution in [3.63, 3.8) is 0 Å². The molecule has 3 rings (SSSR count). The quantitative estimate of drug-likeness (QED) is 0.817. The van der Waals surface area contributed by atoms with Crippen molar-refractivity contribution in [3.8, 4) is 11.8 Å². The summed E-state index contributed by atoms with van der Waals surface area (Å²) < 4.78 is 37.9. The van der Waals surface area contributed by atoms with E-state index in [4.69, 9.17) is 9.47 Å². The number of halogens is 2. The van der Waals surface area contributed by atoms with Crippen LogP contribution in [0.1, 0.15) is 35.2 Å². The van der Waals surface area contributed by atoms with Gasteiger partial charge < -0.3 is 14.8 Å². The topological polar surface area (TPSA) is 71.3 Å². The fraction of sp³-hybridized carbons (Fsp3) is 0.300. The first kappa shape index (κ1) is 18.8. The number of nitriles is 1. The van der Waals surface area contributed by atoms with Gasteiger partial charge in [-0.2, -0.15) is 5.26 Å². The SMILES string of the molecule is CCOC(=O)COc1ccc(C#N)cc1C1NCCc2cc(F)c(F)cc21. The Labute approximate surface area is 155 Å². The third-order valence-corrected chi connectivity index (χ3v) is 4.34. The molecule has 1 heterocycles. The molecule has 0 bridgehead atoms. The third kappa shape index (κ3) is 4.07. The second kappa shape index (κ2) is 8.14. The van der Waals surface area contributed by atoms with Crippen LogP contribution in [0.4, 0.5) is 8.78 Å². The van der Waals surface area contributed by atoms with E-state index in [9.17, 15) is 18.8 Å². The number of hydrogen-bond acceptors (Lipinski definition) is 5. The molecular formula is C20H18F2N2O3. The van der Waals surface area contributed by atoms with Gasteiger partial charge in [0.15, 0.2) is 18.2 Å². The van der Waals surface area contributed by atoms with Gasteiger partial charge in [-0.05, 0) is 54.8 Å². The van der Waals surface area contributed by atoms with Crippen molar-refractivity contribution in [2.75, 3.05) is 19.8 Å². The number of benzene rings is 2. The Morgan fingerprint density at radius 2 is 2.04 bits per heavy atom. The summed E-state index contributed by atoms with van der Waals surface area (Å²) >= 11 is 0. The molecule has 2 aromatic carbocycles. The first-order chi connectivity index (χ1) is 13.0. The maximum atomic E-state index is 13.8. The smallest absolute Gasteiger partial charge is 0.344 e. The zero-order valence-corrected chi connectivity index (χ0v) is 14.7. The summed E-state index contributed by atoms with van der Waals surface area (Å²) in [5, 5.41) is 12.5. The van der Waals surface area contributed by atoms with Crippen LogP contribution in [0.5, 0.6) is 5.75 Å². The molecule has 0 amide bonds. The first-order valence-corrected chi connectivity index (χ1v) is 8.57. The standard InChI is InChI=1S/C20H18F2N2O3/c1-2-26-19(25)11-27-18-4-3-12(10-23)7-15(18)20-14-9-17(22)16(21)8-13(14)5-6-24-20/h3-4,7-9,20,24H,2,5-6,11H2,1H3. The lowest BCUT2D eigenvalue weighted by atomic mass is 9.88. The highest BCUT2D eigenvalue weighted by Crippen LogP contribution is 2.35. The summed E-state index contributed by atoms with van der Waals surface area (Å²) in [4.78, 5) is 11.6. The summed E-state index contributed by atoms with van der Waals surface area (Å²) in [7, 11) is 0. The first-order valence-electron chi connectivity index (χ1n) is 8.57. The fourth-order valence-corrected chi connectivity index (χ4v) is 3.14. The van der Waals surface area contributed by atoms with Crippen LogP contribution in [0, 0.1) is 23.0 Å². The van der Waals surface area contributed by atoms with E-state index in [0.717, 1.165) is 6.07 Å². The Kier molecular flexibility index (Phi) is 5.67. The molecule has 0 fully saturated rings. The minimum absolute atomic E-state index is 0.241. The number of rotatable bonds is 5. The van der Waals surface area contributed by atoms with Crippen LogP contribution in [-0.4, -0.2) is 25.7 Å². The highest BCUT2D eigenvalue weighted by Gasteiger charge is 2.26. The second-order valence-electron chi connectivity index (χ2n) is 6.06. The van der Waals surface area contributed by atoms with Crippen LogP contribution in [0.3, 0.4) is 0 Å². The average molecular weight is 372 g/mol. The molecule has 1 aliphatic heterocycles. The number of hydrogen-bond donors (Lipinski definition) is 1. The number of esters is 1. The zero-order chi connectivity index (χ0) is 19.4. The molecule has 0 aromatic heterocycles. The average Bonchev–Trinajstić information content (AvgIpc) is 2.67. The van der Waals surface area contributed by atoms with E-state index in [1.165, 1.54) is 6.07 Å². The predicted molar refractivity (Wildman–Crippen MR) is 93.2 cm³/mol. The molecule has 2 aromatic rings.